The lowest BCUT2D eigenvalue weighted by molar-refractivity contribution is -0.131. The van der Waals surface area contributed by atoms with Crippen LogP contribution in [-0.4, -0.2) is 27.6 Å². The highest BCUT2D eigenvalue weighted by Gasteiger charge is 2.25. The number of carbonyl (C=O) groups excluding carboxylic acids is 1. The van der Waals surface area contributed by atoms with Gasteiger partial charge in [-0.15, -0.1) is 0 Å². The van der Waals surface area contributed by atoms with Crippen LogP contribution in [0.5, 0.6) is 0 Å². The van der Waals surface area contributed by atoms with E-state index < -0.39 is 0 Å². The molecular weight excluding hydrogens is 280 g/mol. The molecule has 1 aliphatic heterocycles. The van der Waals surface area contributed by atoms with Gasteiger partial charge in [-0.05, 0) is 36.6 Å². The molecule has 21 heavy (non-hydrogen) atoms. The third-order valence-corrected chi connectivity index (χ3v) is 4.76. The second-order valence-corrected chi connectivity index (χ2v) is 6.57. The van der Waals surface area contributed by atoms with Crippen molar-refractivity contribution in [3.8, 4) is 0 Å². The number of carbonyl (C=O) groups is 1. The minimum absolute atomic E-state index is 0.106. The molecule has 0 radical (unpaired) electrons. The van der Waals surface area contributed by atoms with Crippen molar-refractivity contribution in [2.45, 2.75) is 30.2 Å². The van der Waals surface area contributed by atoms with Crippen molar-refractivity contribution < 1.29 is 4.79 Å². The van der Waals surface area contributed by atoms with Crippen LogP contribution in [0.15, 0.2) is 53.7 Å². The molecule has 0 spiro atoms. The summed E-state index contributed by atoms with van der Waals surface area (Å²) in [6, 6.07) is 14.2. The first-order valence-corrected chi connectivity index (χ1v) is 8.05. The van der Waals surface area contributed by atoms with Crippen LogP contribution in [0.3, 0.4) is 0 Å². The number of thioether (sulfide) groups is 1. The summed E-state index contributed by atoms with van der Waals surface area (Å²) in [4.78, 5) is 18.8. The molecule has 108 valence electrons. The van der Waals surface area contributed by atoms with E-state index in [4.69, 9.17) is 0 Å². The van der Waals surface area contributed by atoms with Crippen LogP contribution in [0.1, 0.15) is 18.1 Å². The van der Waals surface area contributed by atoms with Crippen LogP contribution >= 0.6 is 11.8 Å². The molecule has 0 saturated heterocycles. The molecular formula is C17H18N2OS. The quantitative estimate of drug-likeness (QED) is 0.816. The fourth-order valence-electron chi connectivity index (χ4n) is 2.59. The van der Waals surface area contributed by atoms with E-state index in [0.717, 1.165) is 24.5 Å². The molecule has 0 saturated carbocycles. The van der Waals surface area contributed by atoms with Gasteiger partial charge < -0.3 is 4.90 Å². The van der Waals surface area contributed by atoms with Gasteiger partial charge in [0.2, 0.25) is 5.91 Å². The zero-order valence-corrected chi connectivity index (χ0v) is 12.8. The highest BCUT2D eigenvalue weighted by atomic mass is 32.2. The smallest absolute Gasteiger partial charge is 0.236 e. The Labute approximate surface area is 129 Å². The maximum Gasteiger partial charge on any atom is 0.236 e. The van der Waals surface area contributed by atoms with Gasteiger partial charge in [0.1, 0.15) is 0 Å². The second kappa shape index (κ2) is 6.31. The summed E-state index contributed by atoms with van der Waals surface area (Å²) in [6.45, 7) is 3.49. The molecule has 1 aromatic carbocycles. The van der Waals surface area contributed by atoms with E-state index >= 15 is 0 Å². The molecule has 1 aromatic heterocycles. The molecule has 1 aliphatic rings. The Morgan fingerprint density at radius 1 is 1.19 bits per heavy atom. The Morgan fingerprint density at radius 3 is 2.71 bits per heavy atom. The highest BCUT2D eigenvalue weighted by Crippen LogP contribution is 2.25. The number of fused-ring (bicyclic) bond motifs is 1. The zero-order chi connectivity index (χ0) is 14.7. The van der Waals surface area contributed by atoms with Gasteiger partial charge in [-0.25, -0.2) is 4.98 Å². The van der Waals surface area contributed by atoms with Crippen molar-refractivity contribution in [2.24, 2.45) is 0 Å². The first-order chi connectivity index (χ1) is 10.2. The van der Waals surface area contributed by atoms with Crippen LogP contribution in [0.25, 0.3) is 0 Å². The van der Waals surface area contributed by atoms with Crippen molar-refractivity contribution in [1.82, 2.24) is 9.88 Å². The molecule has 1 amide bonds. The fourth-order valence-corrected chi connectivity index (χ4v) is 3.48. The van der Waals surface area contributed by atoms with Gasteiger partial charge in [0.05, 0.1) is 10.3 Å². The molecule has 1 atom stereocenters. The third-order valence-electron chi connectivity index (χ3n) is 3.73. The van der Waals surface area contributed by atoms with Gasteiger partial charge in [0, 0.05) is 19.3 Å². The van der Waals surface area contributed by atoms with Gasteiger partial charge in [-0.2, -0.15) is 0 Å². The van der Waals surface area contributed by atoms with Crippen LogP contribution < -0.4 is 0 Å². The summed E-state index contributed by atoms with van der Waals surface area (Å²) in [5.74, 6) is 0.195. The minimum atomic E-state index is -0.106. The van der Waals surface area contributed by atoms with E-state index in [1.165, 1.54) is 22.9 Å². The largest absolute Gasteiger partial charge is 0.337 e. The molecule has 0 N–H and O–H groups in total. The van der Waals surface area contributed by atoms with E-state index in [1.807, 2.05) is 36.1 Å². The first kappa shape index (κ1) is 14.1. The number of nitrogens with zero attached hydrogens (tertiary/aromatic N) is 2. The molecule has 0 fully saturated rings. The monoisotopic (exact) mass is 298 g/mol. The van der Waals surface area contributed by atoms with Gasteiger partial charge in [-0.1, -0.05) is 42.1 Å². The number of aromatic nitrogens is 1. The molecule has 0 bridgehead atoms. The normalized spacial score (nSPS) is 15.4. The third kappa shape index (κ3) is 3.27. The van der Waals surface area contributed by atoms with Gasteiger partial charge in [0.25, 0.3) is 0 Å². The number of benzene rings is 1. The number of hydrogen-bond acceptors (Lipinski definition) is 3. The predicted molar refractivity (Wildman–Crippen MR) is 85.1 cm³/mol. The predicted octanol–water partition coefficient (Wildman–Crippen LogP) is 3.15. The Bertz CT molecular complexity index is 630. The Hall–Kier alpha value is -1.81. The summed E-state index contributed by atoms with van der Waals surface area (Å²) in [6.07, 6.45) is 2.71. The SMILES string of the molecule is CC(Sc1ccccn1)C(=O)N1CCc2ccccc2C1. The summed E-state index contributed by atoms with van der Waals surface area (Å²) in [7, 11) is 0. The van der Waals surface area contributed by atoms with Gasteiger partial charge in [-0.3, -0.25) is 4.79 Å². The van der Waals surface area contributed by atoms with E-state index in [0.29, 0.717) is 0 Å². The molecule has 2 aromatic rings. The minimum Gasteiger partial charge on any atom is -0.337 e. The molecule has 4 heteroatoms. The first-order valence-electron chi connectivity index (χ1n) is 7.17. The lowest BCUT2D eigenvalue weighted by atomic mass is 10.00. The van der Waals surface area contributed by atoms with Crippen LogP contribution in [0.4, 0.5) is 0 Å². The lowest BCUT2D eigenvalue weighted by Gasteiger charge is -2.30. The maximum atomic E-state index is 12.6. The summed E-state index contributed by atoms with van der Waals surface area (Å²) in [5, 5.41) is 0.793. The van der Waals surface area contributed by atoms with E-state index in [1.54, 1.807) is 6.20 Å². The number of amides is 1. The van der Waals surface area contributed by atoms with Crippen molar-refractivity contribution in [2.75, 3.05) is 6.54 Å². The standard InChI is InChI=1S/C17H18N2OS/c1-13(21-16-8-4-5-10-18-16)17(20)19-11-9-14-6-2-3-7-15(14)12-19/h2-8,10,13H,9,11-12H2,1H3. The van der Waals surface area contributed by atoms with Crippen molar-refractivity contribution in [1.29, 1.82) is 0 Å². The summed E-state index contributed by atoms with van der Waals surface area (Å²) < 4.78 is 0. The maximum absolute atomic E-state index is 12.6. The summed E-state index contributed by atoms with van der Waals surface area (Å²) in [5.41, 5.74) is 2.64. The fraction of sp³-hybridized carbons (Fsp3) is 0.294. The van der Waals surface area contributed by atoms with Gasteiger partial charge in [0.15, 0.2) is 0 Å². The molecule has 2 heterocycles. The van der Waals surface area contributed by atoms with Crippen molar-refractivity contribution >= 4 is 17.7 Å². The van der Waals surface area contributed by atoms with Crippen LogP contribution in [0, 0.1) is 0 Å². The number of hydrogen-bond donors (Lipinski definition) is 0. The summed E-state index contributed by atoms with van der Waals surface area (Å²) >= 11 is 1.52. The molecule has 0 aliphatic carbocycles. The molecule has 3 nitrogen and oxygen atoms in total. The Kier molecular flexibility index (Phi) is 4.25. The molecule has 3 rings (SSSR count). The average Bonchev–Trinajstić information content (AvgIpc) is 2.54. The van der Waals surface area contributed by atoms with E-state index in [2.05, 4.69) is 23.2 Å². The molecule has 1 unspecified atom stereocenters. The highest BCUT2D eigenvalue weighted by molar-refractivity contribution is 8.00. The van der Waals surface area contributed by atoms with E-state index in [-0.39, 0.29) is 11.2 Å². The van der Waals surface area contributed by atoms with E-state index in [9.17, 15) is 4.79 Å². The Balaban J connectivity index is 1.66. The number of rotatable bonds is 3. The lowest BCUT2D eigenvalue weighted by Crippen LogP contribution is -2.40. The van der Waals surface area contributed by atoms with Crippen LogP contribution in [0.2, 0.25) is 0 Å². The van der Waals surface area contributed by atoms with Gasteiger partial charge >= 0.3 is 0 Å². The second-order valence-electron chi connectivity index (χ2n) is 5.21. The van der Waals surface area contributed by atoms with Crippen molar-refractivity contribution in [3.63, 3.8) is 0 Å². The van der Waals surface area contributed by atoms with Crippen LogP contribution in [-0.2, 0) is 17.8 Å². The topological polar surface area (TPSA) is 33.2 Å². The van der Waals surface area contributed by atoms with Crippen molar-refractivity contribution in [3.05, 3.63) is 59.8 Å². The number of pyridine rings is 1. The Morgan fingerprint density at radius 2 is 1.95 bits per heavy atom. The average molecular weight is 298 g/mol. The zero-order valence-electron chi connectivity index (χ0n) is 12.0.